The number of fused-ring (bicyclic) bond motifs is 1. The van der Waals surface area contributed by atoms with Crippen LogP contribution in [0.15, 0.2) is 76.6 Å². The normalized spacial score (nSPS) is 15.2. The predicted octanol–water partition coefficient (Wildman–Crippen LogP) is 8.71. The summed E-state index contributed by atoms with van der Waals surface area (Å²) in [6.45, 7) is 7.98. The summed E-state index contributed by atoms with van der Waals surface area (Å²) in [5.41, 5.74) is 0.0531. The number of nitrogens with zero attached hydrogens (tertiary/aromatic N) is 5. The quantitative estimate of drug-likeness (QED) is 0.0713. The number of anilines is 1. The molecule has 2 unspecified atom stereocenters. The number of ether oxygens (including phenoxy) is 1. The summed E-state index contributed by atoms with van der Waals surface area (Å²) in [5.74, 6) is -1.61. The number of halogens is 5. The molecular weight excluding hydrogens is 665 g/mol. The topological polar surface area (TPSA) is 73.9 Å². The molecule has 1 aliphatic rings. The van der Waals surface area contributed by atoms with E-state index in [1.807, 2.05) is 56.1 Å². The van der Waals surface area contributed by atoms with Crippen LogP contribution in [-0.2, 0) is 17.5 Å². The summed E-state index contributed by atoms with van der Waals surface area (Å²) in [7, 11) is 3.45. The summed E-state index contributed by atoms with van der Waals surface area (Å²) in [6.07, 6.45) is -1.71. The van der Waals surface area contributed by atoms with Gasteiger partial charge in [-0.2, -0.15) is 18.4 Å². The monoisotopic (exact) mass is 709 g/mol. The van der Waals surface area contributed by atoms with Crippen LogP contribution in [-0.4, -0.2) is 55.7 Å². The number of rotatable bonds is 10. The van der Waals surface area contributed by atoms with Gasteiger partial charge in [0.1, 0.15) is 11.6 Å². The van der Waals surface area contributed by atoms with Crippen molar-refractivity contribution >= 4 is 22.5 Å². The smallest absolute Gasteiger partial charge is 0.416 e. The Hall–Kier alpha value is -4.76. The number of alkyl halides is 3. The van der Waals surface area contributed by atoms with Gasteiger partial charge in [0, 0.05) is 55.3 Å². The lowest BCUT2D eigenvalue weighted by molar-refractivity contribution is -0.137. The molecule has 4 aromatic rings. The van der Waals surface area contributed by atoms with Crippen LogP contribution >= 0.6 is 0 Å². The molecule has 0 amide bonds. The second-order valence-corrected chi connectivity index (χ2v) is 12.3. The summed E-state index contributed by atoms with van der Waals surface area (Å²) in [4.78, 5) is 22.9. The number of hydrogen-bond acceptors (Lipinski definition) is 6. The van der Waals surface area contributed by atoms with Gasteiger partial charge in [0.25, 0.3) is 0 Å². The van der Waals surface area contributed by atoms with Crippen molar-refractivity contribution in [1.29, 1.82) is 5.26 Å². The number of hydrogen-bond donors (Lipinski definition) is 0. The molecule has 1 saturated heterocycles. The number of aromatic nitrogens is 1. The molecule has 0 bridgehead atoms. The lowest BCUT2D eigenvalue weighted by Gasteiger charge is -2.34. The highest BCUT2D eigenvalue weighted by atomic mass is 19.4. The van der Waals surface area contributed by atoms with E-state index < -0.39 is 34.8 Å². The summed E-state index contributed by atoms with van der Waals surface area (Å²) >= 11 is 0. The highest BCUT2D eigenvalue weighted by Crippen LogP contribution is 2.32. The molecule has 2 atom stereocenters. The van der Waals surface area contributed by atoms with Crippen molar-refractivity contribution in [2.24, 2.45) is 4.99 Å². The standard InChI is InChI=1S/C37H38F5N5O2.C2H6/c1-24(44-36(49-3)28(11-7-8-14-43)25-9-5-4-6-10-25)30-23-47(22-26-12-13-27(19-31(26)38)37(40,41)42)33-21-34(32(39)20-29(33)35(30)48)46-17-15-45(2)16-18-46;1-2/h4-6,9-10,12-13,19-21,23-24,28H,7-8,11,15-18,22H2,1-3H3;1-2H3. The lowest BCUT2D eigenvalue weighted by Crippen LogP contribution is -2.44. The van der Waals surface area contributed by atoms with E-state index in [-0.39, 0.29) is 34.7 Å². The number of piperazine rings is 1. The van der Waals surface area contributed by atoms with E-state index in [1.54, 1.807) is 17.6 Å². The van der Waals surface area contributed by atoms with Gasteiger partial charge in [0.05, 0.1) is 48.5 Å². The first kappa shape index (κ1) is 39.0. The third-order valence-corrected chi connectivity index (χ3v) is 9.00. The molecule has 272 valence electrons. The van der Waals surface area contributed by atoms with Gasteiger partial charge in [-0.1, -0.05) is 50.2 Å². The molecule has 1 aliphatic heterocycles. The van der Waals surface area contributed by atoms with E-state index in [0.717, 1.165) is 17.7 Å². The molecule has 2 heterocycles. The Morgan fingerprint density at radius 3 is 2.29 bits per heavy atom. The molecule has 12 heteroatoms. The molecule has 1 aromatic heterocycles. The maximum absolute atomic E-state index is 15.8. The third kappa shape index (κ3) is 9.33. The number of nitriles is 1. The minimum Gasteiger partial charge on any atom is -0.484 e. The second kappa shape index (κ2) is 17.4. The summed E-state index contributed by atoms with van der Waals surface area (Å²) < 4.78 is 78.2. The van der Waals surface area contributed by atoms with Crippen molar-refractivity contribution in [3.8, 4) is 6.07 Å². The zero-order valence-corrected chi connectivity index (χ0v) is 29.6. The van der Waals surface area contributed by atoms with Crippen LogP contribution in [0.1, 0.15) is 74.2 Å². The van der Waals surface area contributed by atoms with Crippen LogP contribution in [0.2, 0.25) is 0 Å². The fourth-order valence-electron chi connectivity index (χ4n) is 6.22. The Bertz CT molecular complexity index is 1910. The fraction of sp³-hybridized carbons (Fsp3) is 0.410. The highest BCUT2D eigenvalue weighted by Gasteiger charge is 2.31. The van der Waals surface area contributed by atoms with Crippen molar-refractivity contribution in [2.75, 3.05) is 45.2 Å². The fourth-order valence-corrected chi connectivity index (χ4v) is 6.22. The predicted molar refractivity (Wildman–Crippen MR) is 191 cm³/mol. The van der Waals surface area contributed by atoms with Crippen molar-refractivity contribution < 1.29 is 26.7 Å². The molecule has 5 rings (SSSR count). The zero-order chi connectivity index (χ0) is 37.3. The molecule has 0 spiro atoms. The first-order valence-corrected chi connectivity index (χ1v) is 17.1. The minimum atomic E-state index is -4.72. The van der Waals surface area contributed by atoms with Gasteiger partial charge in [-0.15, -0.1) is 0 Å². The van der Waals surface area contributed by atoms with Gasteiger partial charge in [-0.05, 0) is 56.6 Å². The summed E-state index contributed by atoms with van der Waals surface area (Å²) in [6, 6.07) is 15.9. The molecule has 1 fully saturated rings. The number of unbranched alkanes of at least 4 members (excludes halogenated alkanes) is 1. The number of aliphatic imine (C=N–C) groups is 1. The molecular formula is C39H44F5N5O2. The van der Waals surface area contributed by atoms with Crippen LogP contribution < -0.4 is 10.3 Å². The van der Waals surface area contributed by atoms with Crippen LogP contribution in [0.3, 0.4) is 0 Å². The largest absolute Gasteiger partial charge is 0.484 e. The van der Waals surface area contributed by atoms with Crippen LogP contribution in [0.5, 0.6) is 0 Å². The molecule has 51 heavy (non-hydrogen) atoms. The Labute approximate surface area is 295 Å². The van der Waals surface area contributed by atoms with E-state index in [4.69, 9.17) is 15.0 Å². The van der Waals surface area contributed by atoms with Gasteiger partial charge in [-0.25, -0.2) is 13.8 Å². The average Bonchev–Trinajstić information content (AvgIpc) is 3.12. The van der Waals surface area contributed by atoms with Gasteiger partial charge < -0.3 is 19.1 Å². The van der Waals surface area contributed by atoms with Crippen LogP contribution in [0.25, 0.3) is 10.9 Å². The van der Waals surface area contributed by atoms with Crippen LogP contribution in [0, 0.1) is 23.0 Å². The molecule has 0 radical (unpaired) electrons. The zero-order valence-electron chi connectivity index (χ0n) is 29.6. The Balaban J connectivity index is 0.00000286. The van der Waals surface area contributed by atoms with Crippen molar-refractivity contribution in [2.45, 2.75) is 64.7 Å². The molecule has 0 aliphatic carbocycles. The average molecular weight is 710 g/mol. The van der Waals surface area contributed by atoms with Gasteiger partial charge in [0.2, 0.25) is 0 Å². The van der Waals surface area contributed by atoms with Crippen molar-refractivity contribution in [1.82, 2.24) is 9.47 Å². The number of pyridine rings is 1. The Morgan fingerprint density at radius 1 is 1.00 bits per heavy atom. The first-order valence-electron chi connectivity index (χ1n) is 17.1. The summed E-state index contributed by atoms with van der Waals surface area (Å²) in [5, 5.41) is 9.16. The van der Waals surface area contributed by atoms with E-state index in [2.05, 4.69) is 11.0 Å². The van der Waals surface area contributed by atoms with Crippen molar-refractivity contribution in [3.63, 3.8) is 0 Å². The molecule has 3 aromatic carbocycles. The number of methoxy groups -OCH3 is 1. The van der Waals surface area contributed by atoms with E-state index in [1.165, 1.54) is 19.4 Å². The SMILES string of the molecule is CC.COC(=NC(C)c1cn(Cc2ccc(C(F)(F)F)cc2F)c2cc(N3CCN(C)CC3)c(F)cc2c1=O)C(CCCC#N)c1ccccc1. The van der Waals surface area contributed by atoms with Gasteiger partial charge in [0.15, 0.2) is 11.3 Å². The number of likely N-dealkylation sites (N-methyl/N-ethyl adjacent to an activating group) is 1. The molecule has 0 saturated carbocycles. The van der Waals surface area contributed by atoms with Gasteiger partial charge in [-0.3, -0.25) is 4.79 Å². The first-order chi connectivity index (χ1) is 24.4. The van der Waals surface area contributed by atoms with E-state index in [9.17, 15) is 18.0 Å². The van der Waals surface area contributed by atoms with Crippen LogP contribution in [0.4, 0.5) is 27.6 Å². The van der Waals surface area contributed by atoms with E-state index >= 15 is 8.78 Å². The molecule has 7 nitrogen and oxygen atoms in total. The highest BCUT2D eigenvalue weighted by molar-refractivity contribution is 5.85. The number of benzene rings is 3. The third-order valence-electron chi connectivity index (χ3n) is 9.00. The Kier molecular flexibility index (Phi) is 13.4. The second-order valence-electron chi connectivity index (χ2n) is 12.3. The van der Waals surface area contributed by atoms with Gasteiger partial charge >= 0.3 is 6.18 Å². The lowest BCUT2D eigenvalue weighted by atomic mass is 9.93. The van der Waals surface area contributed by atoms with Crippen molar-refractivity contribution in [3.05, 3.63) is 111 Å². The minimum absolute atomic E-state index is 0.0369. The Morgan fingerprint density at radius 2 is 1.69 bits per heavy atom. The molecule has 0 N–H and O–H groups in total. The van der Waals surface area contributed by atoms with E-state index in [0.29, 0.717) is 62.9 Å². The maximum atomic E-state index is 15.8. The maximum Gasteiger partial charge on any atom is 0.416 e.